The zero-order chi connectivity index (χ0) is 25.3. The second-order valence-corrected chi connectivity index (χ2v) is 9.75. The normalized spacial score (nSPS) is 12.3. The number of benzene rings is 3. The molecule has 0 saturated carbocycles. The highest BCUT2D eigenvalue weighted by Crippen LogP contribution is 2.31. The van der Waals surface area contributed by atoms with E-state index in [0.717, 1.165) is 35.2 Å². The van der Waals surface area contributed by atoms with Gasteiger partial charge in [0.2, 0.25) is 0 Å². The number of carbonyl (C=O) groups excluding carboxylic acids is 1. The lowest BCUT2D eigenvalue weighted by Gasteiger charge is -2.17. The minimum Gasteiger partial charge on any atom is -0.301 e. The highest BCUT2D eigenvalue weighted by atomic mass is 32.2. The smallest absolute Gasteiger partial charge is 0.276 e. The van der Waals surface area contributed by atoms with Crippen molar-refractivity contribution in [3.8, 4) is 22.3 Å². The highest BCUT2D eigenvalue weighted by molar-refractivity contribution is 7.90. The first-order chi connectivity index (χ1) is 16.6. The highest BCUT2D eigenvalue weighted by Gasteiger charge is 2.24. The Morgan fingerprint density at radius 1 is 0.886 bits per heavy atom. The predicted molar refractivity (Wildman–Crippen MR) is 123 cm³/mol. The van der Waals surface area contributed by atoms with Crippen LogP contribution < -0.4 is 5.56 Å². The Kier molecular flexibility index (Phi) is 6.40. The van der Waals surface area contributed by atoms with Crippen LogP contribution >= 0.6 is 0 Å². The van der Waals surface area contributed by atoms with E-state index < -0.39 is 38.9 Å². The van der Waals surface area contributed by atoms with Gasteiger partial charge in [-0.05, 0) is 41.5 Å². The van der Waals surface area contributed by atoms with E-state index >= 15 is 0 Å². The molecule has 0 aliphatic heterocycles. The number of halogens is 3. The summed E-state index contributed by atoms with van der Waals surface area (Å²) in [5.41, 5.74) is -0.0138. The number of carbonyl (C=O) groups is 1. The van der Waals surface area contributed by atoms with Crippen LogP contribution in [-0.4, -0.2) is 30.7 Å². The zero-order valence-electron chi connectivity index (χ0n) is 18.2. The van der Waals surface area contributed by atoms with Crippen LogP contribution in [0.15, 0.2) is 82.6 Å². The standard InChI is InChI=1S/C25H17F3N2O4S/c1-35(33,34)19-9-4-15(5-10-19)21-13-29-30(23(14-31)20-11-8-18(27)12-22(20)28)25(32)24(21)16-2-6-17(26)7-3-16/h2-14,23H,1H3. The van der Waals surface area contributed by atoms with Gasteiger partial charge < -0.3 is 4.79 Å². The molecule has 35 heavy (non-hydrogen) atoms. The molecule has 1 unspecified atom stereocenters. The van der Waals surface area contributed by atoms with Crippen LogP contribution in [0.25, 0.3) is 22.3 Å². The maximum absolute atomic E-state index is 14.4. The van der Waals surface area contributed by atoms with Gasteiger partial charge in [0.05, 0.1) is 16.7 Å². The lowest BCUT2D eigenvalue weighted by atomic mass is 9.97. The second kappa shape index (κ2) is 9.30. The Bertz CT molecular complexity index is 1580. The fraction of sp³-hybridized carbons (Fsp3) is 0.0800. The van der Waals surface area contributed by atoms with Crippen LogP contribution in [0.2, 0.25) is 0 Å². The molecule has 1 atom stereocenters. The summed E-state index contributed by atoms with van der Waals surface area (Å²) in [6, 6.07) is 11.8. The van der Waals surface area contributed by atoms with Gasteiger partial charge in [-0.2, -0.15) is 5.10 Å². The minimum absolute atomic E-state index is 0.0291. The first kappa shape index (κ1) is 24.1. The third-order valence-electron chi connectivity index (χ3n) is 5.40. The van der Waals surface area contributed by atoms with E-state index in [9.17, 15) is 31.2 Å². The third kappa shape index (κ3) is 4.78. The predicted octanol–water partition coefficient (Wildman–Crippen LogP) is 4.19. The number of hydrogen-bond acceptors (Lipinski definition) is 5. The van der Waals surface area contributed by atoms with Gasteiger partial charge in [-0.1, -0.05) is 30.3 Å². The molecular weight excluding hydrogens is 481 g/mol. The molecule has 0 saturated heterocycles. The summed E-state index contributed by atoms with van der Waals surface area (Å²) in [7, 11) is -3.46. The van der Waals surface area contributed by atoms with Gasteiger partial charge in [0.1, 0.15) is 29.8 Å². The van der Waals surface area contributed by atoms with Gasteiger partial charge in [-0.25, -0.2) is 26.3 Å². The molecule has 4 aromatic rings. The molecule has 0 bridgehead atoms. The number of aromatic nitrogens is 2. The van der Waals surface area contributed by atoms with Crippen molar-refractivity contribution in [1.29, 1.82) is 0 Å². The van der Waals surface area contributed by atoms with E-state index in [0.29, 0.717) is 23.5 Å². The summed E-state index contributed by atoms with van der Waals surface area (Å²) in [4.78, 5) is 25.6. The minimum atomic E-state index is -3.46. The Morgan fingerprint density at radius 2 is 1.49 bits per heavy atom. The molecule has 0 spiro atoms. The van der Waals surface area contributed by atoms with Crippen molar-refractivity contribution in [2.75, 3.05) is 6.26 Å². The molecule has 0 radical (unpaired) electrons. The molecule has 3 aromatic carbocycles. The van der Waals surface area contributed by atoms with E-state index in [-0.39, 0.29) is 21.6 Å². The van der Waals surface area contributed by atoms with Gasteiger partial charge in [0.25, 0.3) is 5.56 Å². The topological polar surface area (TPSA) is 86.1 Å². The summed E-state index contributed by atoms with van der Waals surface area (Å²) in [5.74, 6) is -2.42. The fourth-order valence-corrected chi connectivity index (χ4v) is 4.30. The van der Waals surface area contributed by atoms with Crippen LogP contribution in [0.5, 0.6) is 0 Å². The van der Waals surface area contributed by atoms with Crippen molar-refractivity contribution in [2.45, 2.75) is 10.9 Å². The molecule has 1 aromatic heterocycles. The van der Waals surface area contributed by atoms with E-state index in [4.69, 9.17) is 0 Å². The van der Waals surface area contributed by atoms with Crippen LogP contribution in [0.1, 0.15) is 11.6 Å². The lowest BCUT2D eigenvalue weighted by Crippen LogP contribution is -2.31. The first-order valence-corrected chi connectivity index (χ1v) is 12.1. The van der Waals surface area contributed by atoms with Crippen LogP contribution in [0.3, 0.4) is 0 Å². The molecule has 0 fully saturated rings. The maximum Gasteiger partial charge on any atom is 0.276 e. The Labute approximate surface area is 198 Å². The van der Waals surface area contributed by atoms with Gasteiger partial charge >= 0.3 is 0 Å². The van der Waals surface area contributed by atoms with Crippen molar-refractivity contribution in [1.82, 2.24) is 9.78 Å². The van der Waals surface area contributed by atoms with Crippen LogP contribution in [0.4, 0.5) is 13.2 Å². The maximum atomic E-state index is 14.4. The van der Waals surface area contributed by atoms with Gasteiger partial charge in [-0.3, -0.25) is 4.79 Å². The van der Waals surface area contributed by atoms with Gasteiger partial charge in [-0.15, -0.1) is 0 Å². The summed E-state index contributed by atoms with van der Waals surface area (Å²) in [6.07, 6.45) is 2.63. The quantitative estimate of drug-likeness (QED) is 0.372. The Balaban J connectivity index is 1.95. The molecule has 4 rings (SSSR count). The van der Waals surface area contributed by atoms with E-state index in [1.165, 1.54) is 42.6 Å². The van der Waals surface area contributed by atoms with Gasteiger partial charge in [0, 0.05) is 23.4 Å². The summed E-state index contributed by atoms with van der Waals surface area (Å²) < 4.78 is 65.7. The van der Waals surface area contributed by atoms with Crippen molar-refractivity contribution >= 4 is 16.1 Å². The van der Waals surface area contributed by atoms with Crippen LogP contribution in [0, 0.1) is 17.5 Å². The van der Waals surface area contributed by atoms with Crippen molar-refractivity contribution in [3.63, 3.8) is 0 Å². The van der Waals surface area contributed by atoms with E-state index in [1.807, 2.05) is 0 Å². The molecule has 1 heterocycles. The lowest BCUT2D eigenvalue weighted by molar-refractivity contribution is -0.110. The first-order valence-electron chi connectivity index (χ1n) is 10.2. The number of hydrogen-bond donors (Lipinski definition) is 0. The Hall–Kier alpha value is -4.05. The molecule has 0 amide bonds. The summed E-state index contributed by atoms with van der Waals surface area (Å²) >= 11 is 0. The molecular formula is C25H17F3N2O4S. The van der Waals surface area contributed by atoms with Crippen molar-refractivity contribution in [2.24, 2.45) is 0 Å². The number of aldehydes is 1. The van der Waals surface area contributed by atoms with Crippen LogP contribution in [-0.2, 0) is 14.6 Å². The average molecular weight is 498 g/mol. The third-order valence-corrected chi connectivity index (χ3v) is 6.53. The van der Waals surface area contributed by atoms with E-state index in [1.54, 1.807) is 0 Å². The summed E-state index contributed by atoms with van der Waals surface area (Å²) in [5, 5.41) is 4.06. The largest absolute Gasteiger partial charge is 0.301 e. The SMILES string of the molecule is CS(=O)(=O)c1ccc(-c2cnn(C(C=O)c3ccc(F)cc3F)c(=O)c2-c2ccc(F)cc2)cc1. The van der Waals surface area contributed by atoms with Crippen molar-refractivity contribution < 1.29 is 26.4 Å². The molecule has 10 heteroatoms. The van der Waals surface area contributed by atoms with Crippen molar-refractivity contribution in [3.05, 3.63) is 106 Å². The number of sulfone groups is 1. The average Bonchev–Trinajstić information content (AvgIpc) is 2.82. The molecule has 6 nitrogen and oxygen atoms in total. The molecule has 0 aliphatic rings. The van der Waals surface area contributed by atoms with Gasteiger partial charge in [0.15, 0.2) is 9.84 Å². The second-order valence-electron chi connectivity index (χ2n) is 7.73. The molecule has 0 N–H and O–H groups in total. The fourth-order valence-electron chi connectivity index (χ4n) is 3.66. The number of rotatable bonds is 6. The molecule has 178 valence electrons. The number of nitrogens with zero attached hydrogens (tertiary/aromatic N) is 2. The van der Waals surface area contributed by atoms with E-state index in [2.05, 4.69) is 5.10 Å². The Morgan fingerprint density at radius 3 is 2.06 bits per heavy atom. The monoisotopic (exact) mass is 498 g/mol. The zero-order valence-corrected chi connectivity index (χ0v) is 19.0. The molecule has 0 aliphatic carbocycles. The summed E-state index contributed by atoms with van der Waals surface area (Å²) in [6.45, 7) is 0.